The number of nitrogens with one attached hydrogen (secondary N) is 1. The molecule has 0 saturated heterocycles. The Morgan fingerprint density at radius 2 is 2.25 bits per heavy atom. The topological polar surface area (TPSA) is 12.0 Å². The number of hydrogen-bond donors (Lipinski definition) is 1. The molecule has 2 atom stereocenters. The molecule has 1 heteroatoms. The van der Waals surface area contributed by atoms with E-state index < -0.39 is 0 Å². The third kappa shape index (κ3) is 1.99. The largest absolute Gasteiger partial charge is 0.299 e. The number of benzene rings is 1. The van der Waals surface area contributed by atoms with Gasteiger partial charge < -0.3 is 0 Å². The van der Waals surface area contributed by atoms with Crippen LogP contribution in [-0.4, -0.2) is 6.54 Å². The molecular formula is C15H19N. The van der Waals surface area contributed by atoms with Crippen LogP contribution in [0.2, 0.25) is 0 Å². The zero-order valence-corrected chi connectivity index (χ0v) is 10.3. The summed E-state index contributed by atoms with van der Waals surface area (Å²) in [6.45, 7) is 7.21. The van der Waals surface area contributed by atoms with Crippen LogP contribution < -0.4 is 5.32 Å². The maximum absolute atomic E-state index is 3.52. The van der Waals surface area contributed by atoms with Gasteiger partial charge in [0.1, 0.15) is 0 Å². The summed E-state index contributed by atoms with van der Waals surface area (Å²) in [4.78, 5) is 0. The van der Waals surface area contributed by atoms with Gasteiger partial charge in [0.25, 0.3) is 0 Å². The molecule has 0 aliphatic heterocycles. The average Bonchev–Trinajstić information content (AvgIpc) is 2.58. The third-order valence-electron chi connectivity index (χ3n) is 3.43. The van der Waals surface area contributed by atoms with Crippen LogP contribution in [-0.2, 0) is 0 Å². The summed E-state index contributed by atoms with van der Waals surface area (Å²) in [5.74, 6) is 6.67. The Morgan fingerprint density at radius 3 is 3.00 bits per heavy atom. The van der Waals surface area contributed by atoms with Crippen molar-refractivity contribution >= 4 is 0 Å². The van der Waals surface area contributed by atoms with Crippen molar-refractivity contribution in [1.82, 2.24) is 5.32 Å². The first-order valence-corrected chi connectivity index (χ1v) is 5.96. The molecule has 2 rings (SSSR count). The monoisotopic (exact) mass is 213 g/mol. The quantitative estimate of drug-likeness (QED) is 0.744. The van der Waals surface area contributed by atoms with Gasteiger partial charge in [-0.1, -0.05) is 31.0 Å². The van der Waals surface area contributed by atoms with Gasteiger partial charge in [-0.15, -0.1) is 5.92 Å². The second-order valence-electron chi connectivity index (χ2n) is 4.57. The predicted octanol–water partition coefficient (Wildman–Crippen LogP) is 3.16. The summed E-state index contributed by atoms with van der Waals surface area (Å²) < 4.78 is 0. The molecule has 0 radical (unpaired) electrons. The maximum Gasteiger partial charge on any atom is 0.0581 e. The molecule has 0 fully saturated rings. The lowest BCUT2D eigenvalue weighted by Gasteiger charge is -2.12. The van der Waals surface area contributed by atoms with E-state index in [4.69, 9.17) is 0 Å². The van der Waals surface area contributed by atoms with Gasteiger partial charge in [-0.05, 0) is 42.9 Å². The minimum atomic E-state index is 0.491. The Morgan fingerprint density at radius 1 is 1.44 bits per heavy atom. The van der Waals surface area contributed by atoms with Crippen molar-refractivity contribution in [3.8, 4) is 11.8 Å². The van der Waals surface area contributed by atoms with Gasteiger partial charge in [-0.3, -0.25) is 5.32 Å². The molecule has 1 N–H and O–H groups in total. The lowest BCUT2D eigenvalue weighted by molar-refractivity contribution is 0.535. The number of hydrogen-bond acceptors (Lipinski definition) is 1. The highest BCUT2D eigenvalue weighted by Crippen LogP contribution is 2.41. The van der Waals surface area contributed by atoms with E-state index >= 15 is 0 Å². The fraction of sp³-hybridized carbons (Fsp3) is 0.467. The van der Waals surface area contributed by atoms with E-state index in [0.717, 1.165) is 6.54 Å². The smallest absolute Gasteiger partial charge is 0.0581 e. The molecule has 2 unspecified atom stereocenters. The van der Waals surface area contributed by atoms with Crippen LogP contribution in [0, 0.1) is 18.8 Å². The third-order valence-corrected chi connectivity index (χ3v) is 3.43. The van der Waals surface area contributed by atoms with Gasteiger partial charge in [0.2, 0.25) is 0 Å². The molecule has 0 saturated carbocycles. The first-order chi connectivity index (χ1) is 7.74. The summed E-state index contributed by atoms with van der Waals surface area (Å²) in [6, 6.07) is 7.12. The van der Waals surface area contributed by atoms with Gasteiger partial charge >= 0.3 is 0 Å². The van der Waals surface area contributed by atoms with E-state index in [-0.39, 0.29) is 0 Å². The van der Waals surface area contributed by atoms with Crippen molar-refractivity contribution in [1.29, 1.82) is 0 Å². The summed E-state index contributed by atoms with van der Waals surface area (Å²) in [5, 5.41) is 3.52. The number of fused-ring (bicyclic) bond motifs is 1. The molecule has 0 spiro atoms. The van der Waals surface area contributed by atoms with Crippen LogP contribution in [0.15, 0.2) is 18.2 Å². The van der Waals surface area contributed by atoms with Crippen LogP contribution in [0.4, 0.5) is 0 Å². The minimum absolute atomic E-state index is 0.491. The summed E-state index contributed by atoms with van der Waals surface area (Å²) in [5.41, 5.74) is 4.45. The molecule has 16 heavy (non-hydrogen) atoms. The molecule has 0 amide bonds. The molecular weight excluding hydrogens is 194 g/mol. The predicted molar refractivity (Wildman–Crippen MR) is 68.4 cm³/mol. The standard InChI is InChI=1S/C15H19N/c1-4-5-9-16-14-10-12(3)15-11(2)7-6-8-13(14)15/h6-8,12,14,16H,9-10H2,1-3H3. The Labute approximate surface area is 98.3 Å². The fourth-order valence-electron chi connectivity index (χ4n) is 2.73. The zero-order chi connectivity index (χ0) is 11.5. The molecule has 0 bridgehead atoms. The SMILES string of the molecule is CC#CCNC1CC(C)c2c(C)cccc21. The van der Waals surface area contributed by atoms with E-state index in [0.29, 0.717) is 12.0 Å². The van der Waals surface area contributed by atoms with Crippen molar-refractivity contribution < 1.29 is 0 Å². The summed E-state index contributed by atoms with van der Waals surface area (Å²) >= 11 is 0. The van der Waals surface area contributed by atoms with E-state index in [1.54, 1.807) is 5.56 Å². The molecule has 1 aromatic carbocycles. The van der Waals surface area contributed by atoms with Crippen LogP contribution in [0.3, 0.4) is 0 Å². The molecule has 1 nitrogen and oxygen atoms in total. The zero-order valence-electron chi connectivity index (χ0n) is 10.3. The van der Waals surface area contributed by atoms with Gasteiger partial charge in [-0.2, -0.15) is 0 Å². The molecule has 84 valence electrons. The molecule has 1 aliphatic rings. The Bertz CT molecular complexity index is 436. The first kappa shape index (κ1) is 11.2. The maximum atomic E-state index is 3.52. The van der Waals surface area contributed by atoms with E-state index in [2.05, 4.69) is 49.2 Å². The Hall–Kier alpha value is -1.26. The summed E-state index contributed by atoms with van der Waals surface area (Å²) in [6.07, 6.45) is 1.20. The number of aryl methyl sites for hydroxylation is 1. The first-order valence-electron chi connectivity index (χ1n) is 5.96. The minimum Gasteiger partial charge on any atom is -0.299 e. The fourth-order valence-corrected chi connectivity index (χ4v) is 2.73. The Balaban J connectivity index is 2.21. The lowest BCUT2D eigenvalue weighted by atomic mass is 9.98. The van der Waals surface area contributed by atoms with Crippen molar-refractivity contribution in [2.24, 2.45) is 0 Å². The second kappa shape index (κ2) is 4.72. The van der Waals surface area contributed by atoms with Crippen LogP contribution in [0.5, 0.6) is 0 Å². The van der Waals surface area contributed by atoms with Gasteiger partial charge in [0, 0.05) is 6.04 Å². The number of rotatable bonds is 2. The Kier molecular flexibility index (Phi) is 3.31. The van der Waals surface area contributed by atoms with Crippen molar-refractivity contribution in [3.05, 3.63) is 34.9 Å². The van der Waals surface area contributed by atoms with E-state index in [1.165, 1.54) is 17.5 Å². The van der Waals surface area contributed by atoms with Crippen molar-refractivity contribution in [2.75, 3.05) is 6.54 Å². The van der Waals surface area contributed by atoms with Crippen molar-refractivity contribution in [3.63, 3.8) is 0 Å². The van der Waals surface area contributed by atoms with E-state index in [9.17, 15) is 0 Å². The molecule has 0 heterocycles. The van der Waals surface area contributed by atoms with Crippen LogP contribution in [0.25, 0.3) is 0 Å². The van der Waals surface area contributed by atoms with Crippen molar-refractivity contribution in [2.45, 2.75) is 39.2 Å². The van der Waals surface area contributed by atoms with Crippen LogP contribution in [0.1, 0.15) is 48.9 Å². The van der Waals surface area contributed by atoms with Gasteiger partial charge in [0.15, 0.2) is 0 Å². The van der Waals surface area contributed by atoms with Gasteiger partial charge in [-0.25, -0.2) is 0 Å². The average molecular weight is 213 g/mol. The molecule has 1 aromatic rings. The second-order valence-corrected chi connectivity index (χ2v) is 4.57. The lowest BCUT2D eigenvalue weighted by Crippen LogP contribution is -2.19. The van der Waals surface area contributed by atoms with Gasteiger partial charge in [0.05, 0.1) is 6.54 Å². The van der Waals surface area contributed by atoms with E-state index in [1.807, 2.05) is 6.92 Å². The summed E-state index contributed by atoms with van der Waals surface area (Å²) in [7, 11) is 0. The molecule has 0 aromatic heterocycles. The normalized spacial score (nSPS) is 22.4. The highest BCUT2D eigenvalue weighted by molar-refractivity contribution is 5.43. The highest BCUT2D eigenvalue weighted by atomic mass is 14.9. The molecule has 1 aliphatic carbocycles. The van der Waals surface area contributed by atoms with Crippen LogP contribution >= 0.6 is 0 Å². The highest BCUT2D eigenvalue weighted by Gasteiger charge is 2.28.